The van der Waals surface area contributed by atoms with Crippen molar-refractivity contribution in [2.24, 2.45) is 5.73 Å². The monoisotopic (exact) mass is 363 g/mol. The Bertz CT molecular complexity index is 1150. The Labute approximate surface area is 154 Å². The summed E-state index contributed by atoms with van der Waals surface area (Å²) in [6.45, 7) is 0. The highest BCUT2D eigenvalue weighted by atomic mass is 35.5. The average molecular weight is 364 g/mol. The van der Waals surface area contributed by atoms with Crippen molar-refractivity contribution in [3.05, 3.63) is 77.6 Å². The Balaban J connectivity index is 1.83. The number of aromatic nitrogens is 2. The lowest BCUT2D eigenvalue weighted by molar-refractivity contribution is 0.100. The zero-order chi connectivity index (χ0) is 18.3. The number of nitrogens with zero attached hydrogens (tertiary/aromatic N) is 2. The van der Waals surface area contributed by atoms with Gasteiger partial charge in [-0.2, -0.15) is 0 Å². The van der Waals surface area contributed by atoms with E-state index in [1.54, 1.807) is 30.6 Å². The molecule has 1 aromatic heterocycles. The third kappa shape index (κ3) is 2.68. The number of carbonyl (C=O) groups is 1. The molecule has 0 aliphatic heterocycles. The molecule has 4 aromatic rings. The molecule has 0 spiro atoms. The summed E-state index contributed by atoms with van der Waals surface area (Å²) in [5, 5.41) is 10.5. The standard InChI is InChI=1S/C20H14ClN3O2/c21-16-6-2-5-15(19(16)25)12-3-1-4-14(9-12)24-11-23-17-10-13(20(22)26)7-8-18(17)24/h1-11,25H,(H2,22,26). The van der Waals surface area contributed by atoms with E-state index in [2.05, 4.69) is 4.98 Å². The lowest BCUT2D eigenvalue weighted by Crippen LogP contribution is -2.10. The van der Waals surface area contributed by atoms with Gasteiger partial charge in [0.05, 0.1) is 16.1 Å². The zero-order valence-corrected chi connectivity index (χ0v) is 14.3. The van der Waals surface area contributed by atoms with Gasteiger partial charge in [0.2, 0.25) is 5.91 Å². The normalized spacial score (nSPS) is 11.0. The minimum atomic E-state index is -0.486. The summed E-state index contributed by atoms with van der Waals surface area (Å²) in [6.07, 6.45) is 1.69. The van der Waals surface area contributed by atoms with Gasteiger partial charge in [0, 0.05) is 16.8 Å². The van der Waals surface area contributed by atoms with Crippen LogP contribution in [0.3, 0.4) is 0 Å². The Morgan fingerprint density at radius 1 is 1.08 bits per heavy atom. The topological polar surface area (TPSA) is 81.1 Å². The van der Waals surface area contributed by atoms with Crippen LogP contribution in [0.25, 0.3) is 27.8 Å². The Morgan fingerprint density at radius 3 is 2.69 bits per heavy atom. The second kappa shape index (κ2) is 6.20. The van der Waals surface area contributed by atoms with Crippen LogP contribution >= 0.6 is 11.6 Å². The maximum Gasteiger partial charge on any atom is 0.248 e. The van der Waals surface area contributed by atoms with Gasteiger partial charge in [0.25, 0.3) is 0 Å². The third-order valence-corrected chi connectivity index (χ3v) is 4.56. The van der Waals surface area contributed by atoms with Crippen molar-refractivity contribution < 1.29 is 9.90 Å². The van der Waals surface area contributed by atoms with E-state index in [1.807, 2.05) is 41.0 Å². The highest BCUT2D eigenvalue weighted by Gasteiger charge is 2.11. The van der Waals surface area contributed by atoms with Gasteiger partial charge in [-0.1, -0.05) is 35.9 Å². The number of fused-ring (bicyclic) bond motifs is 1. The fourth-order valence-electron chi connectivity index (χ4n) is 2.94. The molecule has 5 nitrogen and oxygen atoms in total. The molecule has 0 saturated heterocycles. The van der Waals surface area contributed by atoms with E-state index >= 15 is 0 Å². The Kier molecular flexibility index (Phi) is 3.86. The maximum absolute atomic E-state index is 11.3. The van der Waals surface area contributed by atoms with Crippen molar-refractivity contribution in [1.82, 2.24) is 9.55 Å². The molecule has 1 heterocycles. The molecular formula is C20H14ClN3O2. The molecule has 3 aromatic carbocycles. The van der Waals surface area contributed by atoms with Gasteiger partial charge in [-0.25, -0.2) is 4.98 Å². The highest BCUT2D eigenvalue weighted by Crippen LogP contribution is 2.35. The van der Waals surface area contributed by atoms with Gasteiger partial charge in [-0.15, -0.1) is 0 Å². The Morgan fingerprint density at radius 2 is 1.88 bits per heavy atom. The van der Waals surface area contributed by atoms with Gasteiger partial charge >= 0.3 is 0 Å². The van der Waals surface area contributed by atoms with Crippen LogP contribution in [0.2, 0.25) is 5.02 Å². The molecule has 0 fully saturated rings. The van der Waals surface area contributed by atoms with E-state index in [0.717, 1.165) is 16.8 Å². The first kappa shape index (κ1) is 16.2. The molecule has 3 N–H and O–H groups in total. The second-order valence-electron chi connectivity index (χ2n) is 5.87. The second-order valence-corrected chi connectivity index (χ2v) is 6.28. The molecular weight excluding hydrogens is 350 g/mol. The van der Waals surface area contributed by atoms with E-state index in [1.165, 1.54) is 0 Å². The van der Waals surface area contributed by atoms with Gasteiger partial charge in [0.15, 0.2) is 0 Å². The number of aromatic hydroxyl groups is 1. The number of imidazole rings is 1. The van der Waals surface area contributed by atoms with E-state index in [4.69, 9.17) is 17.3 Å². The van der Waals surface area contributed by atoms with Crippen LogP contribution in [0.1, 0.15) is 10.4 Å². The maximum atomic E-state index is 11.3. The summed E-state index contributed by atoms with van der Waals surface area (Å²) in [6, 6.07) is 18.1. The van der Waals surface area contributed by atoms with Gasteiger partial charge < -0.3 is 10.8 Å². The molecule has 0 unspecified atom stereocenters. The number of phenolic OH excluding ortho intramolecular Hbond substituents is 1. The summed E-state index contributed by atoms with van der Waals surface area (Å²) >= 11 is 6.02. The molecule has 128 valence electrons. The predicted molar refractivity (Wildman–Crippen MR) is 102 cm³/mol. The van der Waals surface area contributed by atoms with E-state index in [0.29, 0.717) is 21.7 Å². The van der Waals surface area contributed by atoms with Crippen molar-refractivity contribution in [3.63, 3.8) is 0 Å². The van der Waals surface area contributed by atoms with Crippen molar-refractivity contribution in [2.45, 2.75) is 0 Å². The summed E-state index contributed by atoms with van der Waals surface area (Å²) < 4.78 is 1.91. The molecule has 26 heavy (non-hydrogen) atoms. The average Bonchev–Trinajstić information content (AvgIpc) is 3.07. The molecule has 0 bridgehead atoms. The molecule has 0 radical (unpaired) electrons. The number of amides is 1. The number of benzene rings is 3. The first-order valence-electron chi connectivity index (χ1n) is 7.90. The number of primary amides is 1. The fourth-order valence-corrected chi connectivity index (χ4v) is 3.12. The summed E-state index contributed by atoms with van der Waals surface area (Å²) in [7, 11) is 0. The molecule has 6 heteroatoms. The summed E-state index contributed by atoms with van der Waals surface area (Å²) in [4.78, 5) is 15.7. The molecule has 0 saturated carbocycles. The van der Waals surface area contributed by atoms with Crippen LogP contribution in [0.5, 0.6) is 5.75 Å². The van der Waals surface area contributed by atoms with E-state index in [9.17, 15) is 9.90 Å². The molecule has 0 atom stereocenters. The van der Waals surface area contributed by atoms with Gasteiger partial charge in [0.1, 0.15) is 12.1 Å². The minimum Gasteiger partial charge on any atom is -0.506 e. The number of halogens is 1. The van der Waals surface area contributed by atoms with Crippen LogP contribution in [0.15, 0.2) is 67.0 Å². The first-order valence-corrected chi connectivity index (χ1v) is 8.27. The summed E-state index contributed by atoms with van der Waals surface area (Å²) in [5.41, 5.74) is 9.63. The van der Waals surface area contributed by atoms with Gasteiger partial charge in [-0.05, 0) is 42.0 Å². The number of nitrogens with two attached hydrogens (primary N) is 1. The van der Waals surface area contributed by atoms with Crippen LogP contribution in [-0.4, -0.2) is 20.6 Å². The van der Waals surface area contributed by atoms with Crippen molar-refractivity contribution in [3.8, 4) is 22.6 Å². The van der Waals surface area contributed by atoms with E-state index < -0.39 is 5.91 Å². The lowest BCUT2D eigenvalue weighted by Gasteiger charge is -2.10. The zero-order valence-electron chi connectivity index (χ0n) is 13.6. The molecule has 0 aliphatic rings. The number of hydrogen-bond donors (Lipinski definition) is 2. The van der Waals surface area contributed by atoms with Crippen molar-refractivity contribution in [1.29, 1.82) is 0 Å². The predicted octanol–water partition coefficient (Wildman–Crippen LogP) is 4.15. The quantitative estimate of drug-likeness (QED) is 0.573. The van der Waals surface area contributed by atoms with Crippen molar-refractivity contribution in [2.75, 3.05) is 0 Å². The van der Waals surface area contributed by atoms with Crippen molar-refractivity contribution >= 4 is 28.5 Å². The Hall–Kier alpha value is -3.31. The van der Waals surface area contributed by atoms with Crippen LogP contribution < -0.4 is 5.73 Å². The first-order chi connectivity index (χ1) is 12.5. The molecule has 4 rings (SSSR count). The SMILES string of the molecule is NC(=O)c1ccc2c(c1)ncn2-c1cccc(-c2cccc(Cl)c2O)c1. The summed E-state index contributed by atoms with van der Waals surface area (Å²) in [5.74, 6) is -0.437. The van der Waals surface area contributed by atoms with E-state index in [-0.39, 0.29) is 5.75 Å². The number of para-hydroxylation sites is 1. The largest absolute Gasteiger partial charge is 0.506 e. The third-order valence-electron chi connectivity index (χ3n) is 4.25. The number of hydrogen-bond acceptors (Lipinski definition) is 3. The van der Waals surface area contributed by atoms with Crippen LogP contribution in [0.4, 0.5) is 0 Å². The number of rotatable bonds is 3. The number of phenols is 1. The fraction of sp³-hybridized carbons (Fsp3) is 0. The number of carbonyl (C=O) groups excluding carboxylic acids is 1. The van der Waals surface area contributed by atoms with Gasteiger partial charge in [-0.3, -0.25) is 9.36 Å². The minimum absolute atomic E-state index is 0.0490. The van der Waals surface area contributed by atoms with Crippen LogP contribution in [0, 0.1) is 0 Å². The van der Waals surface area contributed by atoms with Crippen LogP contribution in [-0.2, 0) is 0 Å². The lowest BCUT2D eigenvalue weighted by atomic mass is 10.0. The highest BCUT2D eigenvalue weighted by molar-refractivity contribution is 6.32. The smallest absolute Gasteiger partial charge is 0.248 e. The molecule has 0 aliphatic carbocycles. The molecule has 1 amide bonds.